The third-order valence-electron chi connectivity index (χ3n) is 3.82. The molecule has 0 bridgehead atoms. The first-order valence-corrected chi connectivity index (χ1v) is 8.57. The summed E-state index contributed by atoms with van der Waals surface area (Å²) in [6.07, 6.45) is -3.67. The van der Waals surface area contributed by atoms with Crippen LogP contribution in [0.15, 0.2) is 48.5 Å². The molecule has 0 saturated heterocycles. The summed E-state index contributed by atoms with van der Waals surface area (Å²) in [5, 5.41) is 6.21. The molecule has 0 aliphatic rings. The number of hydrogen-bond acceptors (Lipinski definition) is 2. The Morgan fingerprint density at radius 2 is 1.77 bits per heavy atom. The molecule has 0 aliphatic carbocycles. The van der Waals surface area contributed by atoms with E-state index >= 15 is 0 Å². The van der Waals surface area contributed by atoms with Crippen molar-refractivity contribution in [3.05, 3.63) is 64.7 Å². The lowest BCUT2D eigenvalue weighted by Crippen LogP contribution is -2.32. The minimum atomic E-state index is -4.51. The zero-order valence-electron chi connectivity index (χ0n) is 14.2. The predicted octanol–water partition coefficient (Wildman–Crippen LogP) is 4.91. The van der Waals surface area contributed by atoms with E-state index < -0.39 is 17.6 Å². The molecule has 2 aromatic rings. The number of amides is 1. The zero-order chi connectivity index (χ0) is 19.2. The van der Waals surface area contributed by atoms with Gasteiger partial charge in [0.2, 0.25) is 5.91 Å². The van der Waals surface area contributed by atoms with E-state index in [4.69, 9.17) is 11.6 Å². The summed E-state index contributed by atoms with van der Waals surface area (Å²) in [5.74, 6) is -0.465. The number of alkyl halides is 3. The van der Waals surface area contributed by atoms with Crippen LogP contribution in [0.1, 0.15) is 24.5 Å². The molecule has 1 atom stereocenters. The highest BCUT2D eigenvalue weighted by atomic mass is 35.5. The van der Waals surface area contributed by atoms with E-state index in [9.17, 15) is 18.0 Å². The molecular weight excluding hydrogens is 365 g/mol. The molecule has 1 amide bonds. The van der Waals surface area contributed by atoms with Crippen molar-refractivity contribution in [1.82, 2.24) is 5.32 Å². The van der Waals surface area contributed by atoms with E-state index in [-0.39, 0.29) is 18.2 Å². The number of halogens is 4. The number of nitrogens with one attached hydrogen (secondary N) is 2. The van der Waals surface area contributed by atoms with Crippen LogP contribution in [0, 0.1) is 0 Å². The van der Waals surface area contributed by atoms with Crippen molar-refractivity contribution < 1.29 is 18.0 Å². The maximum Gasteiger partial charge on any atom is 0.418 e. The highest BCUT2D eigenvalue weighted by Crippen LogP contribution is 2.34. The molecule has 0 aliphatic heterocycles. The Balaban J connectivity index is 1.81. The van der Waals surface area contributed by atoms with E-state index in [1.165, 1.54) is 18.2 Å². The summed E-state index contributed by atoms with van der Waals surface area (Å²) in [6.45, 7) is 2.46. The number of carbonyl (C=O) groups excluding carboxylic acids is 1. The van der Waals surface area contributed by atoms with Gasteiger partial charge in [-0.2, -0.15) is 13.2 Å². The number of rotatable bonds is 7. The molecule has 2 N–H and O–H groups in total. The van der Waals surface area contributed by atoms with Crippen molar-refractivity contribution >= 4 is 23.2 Å². The lowest BCUT2D eigenvalue weighted by Gasteiger charge is -2.16. The molecular formula is C19H20ClF3N2O. The van der Waals surface area contributed by atoms with Crippen LogP contribution < -0.4 is 10.6 Å². The summed E-state index contributed by atoms with van der Waals surface area (Å²) >= 11 is 5.83. The first kappa shape index (κ1) is 20.3. The van der Waals surface area contributed by atoms with Crippen molar-refractivity contribution in [3.8, 4) is 0 Å². The van der Waals surface area contributed by atoms with Gasteiger partial charge in [-0.15, -0.1) is 0 Å². The molecule has 0 heterocycles. The SMILES string of the molecule is CC(CC(=O)Nc1ccccc1C(F)(F)F)NCCc1ccc(Cl)cc1. The van der Waals surface area contributed by atoms with Crippen LogP contribution in [0.4, 0.5) is 18.9 Å². The van der Waals surface area contributed by atoms with Crippen molar-refractivity contribution in [2.75, 3.05) is 11.9 Å². The van der Waals surface area contributed by atoms with Gasteiger partial charge < -0.3 is 10.6 Å². The molecule has 7 heteroatoms. The van der Waals surface area contributed by atoms with Crippen LogP contribution >= 0.6 is 11.6 Å². The number of para-hydroxylation sites is 1. The summed E-state index contributed by atoms with van der Waals surface area (Å²) in [4.78, 5) is 12.0. The topological polar surface area (TPSA) is 41.1 Å². The van der Waals surface area contributed by atoms with Crippen LogP contribution in [0.25, 0.3) is 0 Å². The fourth-order valence-electron chi connectivity index (χ4n) is 2.50. The molecule has 0 spiro atoms. The van der Waals surface area contributed by atoms with Gasteiger partial charge in [-0.3, -0.25) is 4.79 Å². The second-order valence-corrected chi connectivity index (χ2v) is 6.46. The van der Waals surface area contributed by atoms with Crippen LogP contribution in [-0.2, 0) is 17.4 Å². The maximum atomic E-state index is 12.9. The third-order valence-corrected chi connectivity index (χ3v) is 4.07. The molecule has 0 aromatic heterocycles. The standard InChI is InChI=1S/C19H20ClF3N2O/c1-13(24-11-10-14-6-8-15(20)9-7-14)12-18(26)25-17-5-3-2-4-16(17)19(21,22)23/h2-9,13,24H,10-12H2,1H3,(H,25,26). The molecule has 0 fully saturated rings. The normalized spacial score (nSPS) is 12.7. The van der Waals surface area contributed by atoms with E-state index in [1.807, 2.05) is 31.2 Å². The third kappa shape index (κ3) is 6.35. The Hall–Kier alpha value is -2.05. The van der Waals surface area contributed by atoms with E-state index in [0.29, 0.717) is 11.6 Å². The molecule has 2 rings (SSSR count). The monoisotopic (exact) mass is 384 g/mol. The largest absolute Gasteiger partial charge is 0.418 e. The average molecular weight is 385 g/mol. The van der Waals surface area contributed by atoms with Crippen molar-refractivity contribution in [2.45, 2.75) is 32.0 Å². The van der Waals surface area contributed by atoms with Gasteiger partial charge in [0, 0.05) is 17.5 Å². The van der Waals surface area contributed by atoms with Gasteiger partial charge in [-0.05, 0) is 49.7 Å². The van der Waals surface area contributed by atoms with Gasteiger partial charge in [0.25, 0.3) is 0 Å². The lowest BCUT2D eigenvalue weighted by molar-refractivity contribution is -0.137. The Bertz CT molecular complexity index is 732. The predicted molar refractivity (Wildman–Crippen MR) is 97.3 cm³/mol. The van der Waals surface area contributed by atoms with Gasteiger partial charge in [-0.1, -0.05) is 35.9 Å². The summed E-state index contributed by atoms with van der Waals surface area (Å²) in [6, 6.07) is 12.3. The van der Waals surface area contributed by atoms with E-state index in [0.717, 1.165) is 18.1 Å². The molecule has 140 valence electrons. The Morgan fingerprint density at radius 1 is 1.12 bits per heavy atom. The number of hydrogen-bond donors (Lipinski definition) is 2. The lowest BCUT2D eigenvalue weighted by atomic mass is 10.1. The first-order chi connectivity index (χ1) is 12.3. The van der Waals surface area contributed by atoms with Gasteiger partial charge in [0.05, 0.1) is 11.3 Å². The maximum absolute atomic E-state index is 12.9. The van der Waals surface area contributed by atoms with E-state index in [2.05, 4.69) is 10.6 Å². The quantitative estimate of drug-likeness (QED) is 0.712. The first-order valence-electron chi connectivity index (χ1n) is 8.19. The Labute approximate surface area is 155 Å². The second kappa shape index (κ2) is 9.05. The summed E-state index contributed by atoms with van der Waals surface area (Å²) in [5.41, 5.74) is 0.0349. The van der Waals surface area contributed by atoms with Crippen LogP contribution in [-0.4, -0.2) is 18.5 Å². The number of benzene rings is 2. The average Bonchev–Trinajstić information content (AvgIpc) is 2.56. The molecule has 0 radical (unpaired) electrons. The summed E-state index contributed by atoms with van der Waals surface area (Å²) < 4.78 is 38.8. The van der Waals surface area contributed by atoms with Gasteiger partial charge in [-0.25, -0.2) is 0 Å². The molecule has 0 saturated carbocycles. The van der Waals surface area contributed by atoms with Crippen molar-refractivity contribution in [3.63, 3.8) is 0 Å². The minimum absolute atomic E-state index is 0.0762. The Kier molecular flexibility index (Phi) is 7.06. The zero-order valence-corrected chi connectivity index (χ0v) is 15.0. The second-order valence-electron chi connectivity index (χ2n) is 6.03. The molecule has 3 nitrogen and oxygen atoms in total. The highest BCUT2D eigenvalue weighted by molar-refractivity contribution is 6.30. The van der Waals surface area contributed by atoms with Gasteiger partial charge in [0.15, 0.2) is 0 Å². The fourth-order valence-corrected chi connectivity index (χ4v) is 2.63. The smallest absolute Gasteiger partial charge is 0.325 e. The van der Waals surface area contributed by atoms with Gasteiger partial charge >= 0.3 is 6.18 Å². The van der Waals surface area contributed by atoms with Gasteiger partial charge in [0.1, 0.15) is 0 Å². The van der Waals surface area contributed by atoms with Crippen LogP contribution in [0.2, 0.25) is 5.02 Å². The van der Waals surface area contributed by atoms with Crippen LogP contribution in [0.5, 0.6) is 0 Å². The fraction of sp³-hybridized carbons (Fsp3) is 0.316. The van der Waals surface area contributed by atoms with E-state index in [1.54, 1.807) is 0 Å². The number of anilines is 1. The summed E-state index contributed by atoms with van der Waals surface area (Å²) in [7, 11) is 0. The number of carbonyl (C=O) groups is 1. The van der Waals surface area contributed by atoms with Crippen LogP contribution in [0.3, 0.4) is 0 Å². The van der Waals surface area contributed by atoms with Crippen molar-refractivity contribution in [1.29, 1.82) is 0 Å². The minimum Gasteiger partial charge on any atom is -0.325 e. The highest BCUT2D eigenvalue weighted by Gasteiger charge is 2.33. The molecule has 2 aromatic carbocycles. The molecule has 26 heavy (non-hydrogen) atoms. The van der Waals surface area contributed by atoms with Crippen molar-refractivity contribution in [2.24, 2.45) is 0 Å². The molecule has 1 unspecified atom stereocenters. The Morgan fingerprint density at radius 3 is 2.42 bits per heavy atom.